The summed E-state index contributed by atoms with van der Waals surface area (Å²) < 4.78 is 6.34. The highest BCUT2D eigenvalue weighted by atomic mass is 79.9. The van der Waals surface area contributed by atoms with Gasteiger partial charge < -0.3 is 4.43 Å². The van der Waals surface area contributed by atoms with E-state index in [1.54, 1.807) is 11.3 Å². The maximum atomic E-state index is 6.34. The predicted octanol–water partition coefficient (Wildman–Crippen LogP) is 6.44. The third-order valence-corrected chi connectivity index (χ3v) is 10.3. The molecule has 0 radical (unpaired) electrons. The number of nitrogens with zero attached hydrogens (tertiary/aromatic N) is 1. The summed E-state index contributed by atoms with van der Waals surface area (Å²) in [7, 11) is -1.78. The molecule has 2 aromatic rings. The minimum atomic E-state index is -1.78. The Labute approximate surface area is 153 Å². The number of rotatable bonds is 5. The Bertz CT molecular complexity index is 659. The summed E-state index contributed by atoms with van der Waals surface area (Å²) in [6, 6.07) is 8.41. The fraction of sp³-hybridized carbons (Fsp3) is 0.500. The molecule has 23 heavy (non-hydrogen) atoms. The second kappa shape index (κ2) is 7.07. The molecule has 0 atom stereocenters. The Kier molecular flexibility index (Phi) is 5.75. The molecule has 0 unspecified atom stereocenters. The van der Waals surface area contributed by atoms with Crippen LogP contribution in [0.4, 0.5) is 0 Å². The lowest BCUT2D eigenvalue weighted by Gasteiger charge is -2.36. The summed E-state index contributed by atoms with van der Waals surface area (Å²) in [6.07, 6.45) is 0.981. The summed E-state index contributed by atoms with van der Waals surface area (Å²) in [5.74, 6) is 0.967. The summed E-state index contributed by atoms with van der Waals surface area (Å²) in [5.41, 5.74) is 2.37. The van der Waals surface area contributed by atoms with Crippen LogP contribution in [0.5, 0.6) is 5.75 Å². The van der Waals surface area contributed by atoms with Crippen molar-refractivity contribution in [2.75, 3.05) is 5.33 Å². The lowest BCUT2D eigenvalue weighted by molar-refractivity contribution is 0.492. The van der Waals surface area contributed by atoms with Gasteiger partial charge in [-0.25, -0.2) is 4.98 Å². The number of hydrogen-bond acceptors (Lipinski definition) is 3. The molecule has 2 nitrogen and oxygen atoms in total. The summed E-state index contributed by atoms with van der Waals surface area (Å²) in [6.45, 7) is 13.5. The Balaban J connectivity index is 2.18. The molecule has 0 spiro atoms. The van der Waals surface area contributed by atoms with Crippen LogP contribution in [0.25, 0.3) is 10.6 Å². The second-order valence-corrected chi connectivity index (χ2v) is 14.1. The number of benzene rings is 1. The van der Waals surface area contributed by atoms with Crippen molar-refractivity contribution in [1.82, 2.24) is 4.98 Å². The highest BCUT2D eigenvalue weighted by Gasteiger charge is 2.38. The topological polar surface area (TPSA) is 22.1 Å². The molecule has 5 heteroatoms. The van der Waals surface area contributed by atoms with Crippen molar-refractivity contribution in [1.29, 1.82) is 0 Å². The van der Waals surface area contributed by atoms with E-state index < -0.39 is 8.32 Å². The molecule has 0 N–H and O–H groups in total. The largest absolute Gasteiger partial charge is 0.544 e. The first-order valence-electron chi connectivity index (χ1n) is 7.96. The average Bonchev–Trinajstić information content (AvgIpc) is 2.80. The Morgan fingerprint density at radius 3 is 2.30 bits per heavy atom. The maximum Gasteiger partial charge on any atom is 0.250 e. The lowest BCUT2D eigenvalue weighted by atomic mass is 10.2. The molecule has 126 valence electrons. The van der Waals surface area contributed by atoms with Gasteiger partial charge in [-0.2, -0.15) is 0 Å². The van der Waals surface area contributed by atoms with Gasteiger partial charge in [0.25, 0.3) is 0 Å². The highest BCUT2D eigenvalue weighted by molar-refractivity contribution is 9.09. The molecule has 0 aliphatic carbocycles. The highest BCUT2D eigenvalue weighted by Crippen LogP contribution is 2.38. The third-order valence-electron chi connectivity index (χ3n) is 4.50. The van der Waals surface area contributed by atoms with E-state index in [0.29, 0.717) is 0 Å². The van der Waals surface area contributed by atoms with Crippen molar-refractivity contribution in [2.24, 2.45) is 0 Å². The minimum absolute atomic E-state index is 0.211. The van der Waals surface area contributed by atoms with Crippen molar-refractivity contribution in [2.45, 2.75) is 52.2 Å². The lowest BCUT2D eigenvalue weighted by Crippen LogP contribution is -2.43. The summed E-state index contributed by atoms with van der Waals surface area (Å²) in [4.78, 5) is 6.08. The molecule has 0 amide bonds. The van der Waals surface area contributed by atoms with Gasteiger partial charge in [0.15, 0.2) is 0 Å². The standard InChI is InChI=1S/C18H26BrNOSSi/c1-13-16(11-12-19)20-17(22-13)14-7-9-15(10-8-14)21-23(5,6)18(2,3)4/h7-10H,11-12H2,1-6H3. The fourth-order valence-electron chi connectivity index (χ4n) is 1.99. The predicted molar refractivity (Wildman–Crippen MR) is 108 cm³/mol. The molecular weight excluding hydrogens is 386 g/mol. The van der Waals surface area contributed by atoms with Crippen LogP contribution in [0, 0.1) is 6.92 Å². The van der Waals surface area contributed by atoms with Crippen molar-refractivity contribution in [3.8, 4) is 16.3 Å². The second-order valence-electron chi connectivity index (χ2n) is 7.35. The van der Waals surface area contributed by atoms with Gasteiger partial charge in [-0.1, -0.05) is 36.7 Å². The maximum absolute atomic E-state index is 6.34. The first kappa shape index (κ1) is 18.7. The van der Waals surface area contributed by atoms with Gasteiger partial charge in [0.1, 0.15) is 10.8 Å². The monoisotopic (exact) mass is 411 g/mol. The molecule has 0 saturated heterocycles. The van der Waals surface area contributed by atoms with E-state index in [1.807, 2.05) is 0 Å². The van der Waals surface area contributed by atoms with Gasteiger partial charge in [-0.05, 0) is 49.3 Å². The van der Waals surface area contributed by atoms with Crippen LogP contribution in [0.15, 0.2) is 24.3 Å². The zero-order valence-electron chi connectivity index (χ0n) is 14.9. The van der Waals surface area contributed by atoms with E-state index in [4.69, 9.17) is 9.41 Å². The quantitative estimate of drug-likeness (QED) is 0.416. The van der Waals surface area contributed by atoms with Crippen LogP contribution in [0.3, 0.4) is 0 Å². The van der Waals surface area contributed by atoms with Gasteiger partial charge in [-0.15, -0.1) is 11.3 Å². The van der Waals surface area contributed by atoms with Crippen molar-refractivity contribution < 1.29 is 4.43 Å². The molecule has 0 bridgehead atoms. The van der Waals surface area contributed by atoms with Crippen LogP contribution in [-0.2, 0) is 6.42 Å². The SMILES string of the molecule is Cc1sc(-c2ccc(O[Si](C)(C)C(C)(C)C)cc2)nc1CCBr. The molecule has 0 saturated carbocycles. The van der Waals surface area contributed by atoms with Crippen LogP contribution < -0.4 is 4.43 Å². The van der Waals surface area contributed by atoms with Gasteiger partial charge in [-0.3, -0.25) is 0 Å². The number of thiazole rings is 1. The van der Waals surface area contributed by atoms with E-state index in [0.717, 1.165) is 22.5 Å². The van der Waals surface area contributed by atoms with Gasteiger partial charge in [0.05, 0.1) is 5.69 Å². The molecule has 1 aromatic heterocycles. The first-order valence-corrected chi connectivity index (χ1v) is 12.8. The van der Waals surface area contributed by atoms with E-state index in [2.05, 4.69) is 81.0 Å². The zero-order chi connectivity index (χ0) is 17.3. The molecule has 0 aliphatic rings. The Morgan fingerprint density at radius 2 is 1.78 bits per heavy atom. The number of alkyl halides is 1. The zero-order valence-corrected chi connectivity index (χ0v) is 18.3. The van der Waals surface area contributed by atoms with Crippen molar-refractivity contribution in [3.63, 3.8) is 0 Å². The smallest absolute Gasteiger partial charge is 0.250 e. The number of halogens is 1. The Morgan fingerprint density at radius 1 is 1.17 bits per heavy atom. The number of aromatic nitrogens is 1. The van der Waals surface area contributed by atoms with Gasteiger partial charge in [0.2, 0.25) is 8.32 Å². The molecular formula is C18H26BrNOSSi. The van der Waals surface area contributed by atoms with Crippen LogP contribution >= 0.6 is 27.3 Å². The van der Waals surface area contributed by atoms with Gasteiger partial charge >= 0.3 is 0 Å². The molecule has 0 aliphatic heterocycles. The first-order chi connectivity index (χ1) is 10.6. The fourth-order valence-corrected chi connectivity index (χ4v) is 4.36. The van der Waals surface area contributed by atoms with Gasteiger partial charge in [0, 0.05) is 22.2 Å². The molecule has 2 rings (SSSR count). The number of aryl methyl sites for hydroxylation is 2. The summed E-state index contributed by atoms with van der Waals surface area (Å²) >= 11 is 5.26. The van der Waals surface area contributed by atoms with E-state index in [1.165, 1.54) is 16.1 Å². The normalized spacial score (nSPS) is 12.5. The number of hydrogen-bond donors (Lipinski definition) is 0. The van der Waals surface area contributed by atoms with Crippen molar-refractivity contribution >= 4 is 35.6 Å². The molecule has 1 aromatic carbocycles. The summed E-state index contributed by atoms with van der Waals surface area (Å²) in [5, 5.41) is 2.26. The van der Waals surface area contributed by atoms with Crippen LogP contribution in [0.1, 0.15) is 31.3 Å². The van der Waals surface area contributed by atoms with Crippen LogP contribution in [-0.4, -0.2) is 18.6 Å². The van der Waals surface area contributed by atoms with E-state index in [9.17, 15) is 0 Å². The van der Waals surface area contributed by atoms with E-state index in [-0.39, 0.29) is 5.04 Å². The van der Waals surface area contributed by atoms with Crippen LogP contribution in [0.2, 0.25) is 18.1 Å². The minimum Gasteiger partial charge on any atom is -0.544 e. The molecule has 1 heterocycles. The average molecular weight is 412 g/mol. The van der Waals surface area contributed by atoms with Crippen molar-refractivity contribution in [3.05, 3.63) is 34.8 Å². The Hall–Kier alpha value is -0.653. The van der Waals surface area contributed by atoms with E-state index >= 15 is 0 Å². The molecule has 0 fully saturated rings. The third kappa shape index (κ3) is 4.46.